The molecule has 0 spiro atoms. The van der Waals surface area contributed by atoms with Crippen molar-refractivity contribution in [3.05, 3.63) is 59.2 Å². The Kier molecular flexibility index (Phi) is 4.89. The number of hydrazone groups is 1. The summed E-state index contributed by atoms with van der Waals surface area (Å²) in [4.78, 5) is 21.9. The zero-order valence-electron chi connectivity index (χ0n) is 17.1. The molecule has 1 saturated heterocycles. The van der Waals surface area contributed by atoms with Gasteiger partial charge in [-0.2, -0.15) is 5.10 Å². The van der Waals surface area contributed by atoms with Crippen molar-refractivity contribution in [3.63, 3.8) is 0 Å². The number of hydrogen-bond donors (Lipinski definition) is 1. The Labute approximate surface area is 175 Å². The SMILES string of the molecule is C[C@H]1C[C@@H](CN2CCc3cc(C4C=NNC4)ncc32)CN1C(=O)c1ccc(F)cc1. The van der Waals surface area contributed by atoms with Gasteiger partial charge < -0.3 is 15.2 Å². The van der Waals surface area contributed by atoms with Gasteiger partial charge in [-0.3, -0.25) is 9.78 Å². The van der Waals surface area contributed by atoms with Gasteiger partial charge in [-0.1, -0.05) is 0 Å². The van der Waals surface area contributed by atoms with E-state index in [1.807, 2.05) is 17.3 Å². The second-order valence-electron chi connectivity index (χ2n) is 8.60. The first kappa shape index (κ1) is 19.0. The number of halogens is 1. The van der Waals surface area contributed by atoms with Gasteiger partial charge in [-0.15, -0.1) is 0 Å². The molecule has 156 valence electrons. The molecule has 0 saturated carbocycles. The molecule has 0 aliphatic carbocycles. The topological polar surface area (TPSA) is 60.8 Å². The molecule has 1 unspecified atom stereocenters. The van der Waals surface area contributed by atoms with Gasteiger partial charge in [-0.25, -0.2) is 4.39 Å². The Hall–Kier alpha value is -2.96. The van der Waals surface area contributed by atoms with Crippen molar-refractivity contribution in [3.8, 4) is 0 Å². The summed E-state index contributed by atoms with van der Waals surface area (Å²) in [5.74, 6) is 0.345. The largest absolute Gasteiger partial charge is 0.369 e. The fraction of sp³-hybridized carbons (Fsp3) is 0.435. The molecular formula is C23H26FN5O. The molecule has 0 radical (unpaired) electrons. The lowest BCUT2D eigenvalue weighted by Crippen LogP contribution is -2.35. The van der Waals surface area contributed by atoms with Crippen LogP contribution in [0.5, 0.6) is 0 Å². The smallest absolute Gasteiger partial charge is 0.254 e. The monoisotopic (exact) mass is 407 g/mol. The molecule has 6 nitrogen and oxygen atoms in total. The highest BCUT2D eigenvalue weighted by atomic mass is 19.1. The minimum Gasteiger partial charge on any atom is -0.369 e. The summed E-state index contributed by atoms with van der Waals surface area (Å²) in [7, 11) is 0. The molecule has 4 heterocycles. The number of anilines is 1. The normalized spacial score (nSPS) is 24.9. The van der Waals surface area contributed by atoms with E-state index in [9.17, 15) is 9.18 Å². The van der Waals surface area contributed by atoms with Gasteiger partial charge >= 0.3 is 0 Å². The molecule has 3 aliphatic rings. The summed E-state index contributed by atoms with van der Waals surface area (Å²) in [5.41, 5.74) is 7.20. The molecule has 2 aromatic rings. The van der Waals surface area contributed by atoms with Gasteiger partial charge in [0.1, 0.15) is 5.82 Å². The van der Waals surface area contributed by atoms with E-state index in [2.05, 4.69) is 28.4 Å². The van der Waals surface area contributed by atoms with Crippen LogP contribution in [0, 0.1) is 11.7 Å². The zero-order chi connectivity index (χ0) is 20.7. The molecule has 0 bridgehead atoms. The number of fused-ring (bicyclic) bond motifs is 1. The van der Waals surface area contributed by atoms with Gasteiger partial charge in [0.2, 0.25) is 0 Å². The molecule has 3 atom stereocenters. The molecule has 3 aliphatic heterocycles. The van der Waals surface area contributed by atoms with Crippen molar-refractivity contribution in [1.29, 1.82) is 0 Å². The fourth-order valence-corrected chi connectivity index (χ4v) is 4.92. The van der Waals surface area contributed by atoms with Crippen LogP contribution in [0.25, 0.3) is 0 Å². The number of benzene rings is 1. The predicted octanol–water partition coefficient (Wildman–Crippen LogP) is 2.81. The minimum absolute atomic E-state index is 0.00929. The van der Waals surface area contributed by atoms with Crippen molar-refractivity contribution in [2.75, 3.05) is 31.1 Å². The van der Waals surface area contributed by atoms with E-state index < -0.39 is 0 Å². The number of pyridine rings is 1. The number of aromatic nitrogens is 1. The molecular weight excluding hydrogens is 381 g/mol. The van der Waals surface area contributed by atoms with Crippen LogP contribution in [0.4, 0.5) is 10.1 Å². The Morgan fingerprint density at radius 3 is 2.90 bits per heavy atom. The maximum absolute atomic E-state index is 13.2. The van der Waals surface area contributed by atoms with E-state index >= 15 is 0 Å². The van der Waals surface area contributed by atoms with Crippen molar-refractivity contribution in [1.82, 2.24) is 15.3 Å². The Balaban J connectivity index is 1.25. The Morgan fingerprint density at radius 1 is 1.30 bits per heavy atom. The Morgan fingerprint density at radius 2 is 2.13 bits per heavy atom. The lowest BCUT2D eigenvalue weighted by molar-refractivity contribution is 0.0743. The molecule has 30 heavy (non-hydrogen) atoms. The van der Waals surface area contributed by atoms with E-state index in [1.54, 1.807) is 12.1 Å². The van der Waals surface area contributed by atoms with Crippen LogP contribution in [0.1, 0.15) is 40.9 Å². The van der Waals surface area contributed by atoms with Gasteiger partial charge in [0.05, 0.1) is 23.5 Å². The van der Waals surface area contributed by atoms with Gasteiger partial charge in [-0.05, 0) is 61.6 Å². The maximum Gasteiger partial charge on any atom is 0.254 e. The van der Waals surface area contributed by atoms with Crippen LogP contribution in [-0.2, 0) is 6.42 Å². The number of rotatable bonds is 4. The molecule has 1 N–H and O–H groups in total. The number of likely N-dealkylation sites (tertiary alicyclic amines) is 1. The molecule has 1 fully saturated rings. The summed E-state index contributed by atoms with van der Waals surface area (Å²) in [6, 6.07) is 8.25. The van der Waals surface area contributed by atoms with Crippen molar-refractivity contribution in [2.24, 2.45) is 11.0 Å². The van der Waals surface area contributed by atoms with Crippen LogP contribution in [-0.4, -0.2) is 54.2 Å². The van der Waals surface area contributed by atoms with Crippen LogP contribution in [0.3, 0.4) is 0 Å². The molecule has 1 aromatic carbocycles. The summed E-state index contributed by atoms with van der Waals surface area (Å²) >= 11 is 0. The van der Waals surface area contributed by atoms with Crippen LogP contribution >= 0.6 is 0 Å². The van der Waals surface area contributed by atoms with Crippen molar-refractivity contribution >= 4 is 17.8 Å². The van der Waals surface area contributed by atoms with E-state index in [4.69, 9.17) is 4.98 Å². The second kappa shape index (κ2) is 7.70. The summed E-state index contributed by atoms with van der Waals surface area (Å²) < 4.78 is 13.2. The number of hydrogen-bond acceptors (Lipinski definition) is 5. The van der Waals surface area contributed by atoms with Gasteiger partial charge in [0.25, 0.3) is 5.91 Å². The average molecular weight is 407 g/mol. The number of nitrogens with zero attached hydrogens (tertiary/aromatic N) is 4. The third kappa shape index (κ3) is 3.53. The van der Waals surface area contributed by atoms with E-state index in [0.29, 0.717) is 11.5 Å². The molecule has 5 rings (SSSR count). The zero-order valence-corrected chi connectivity index (χ0v) is 17.1. The highest BCUT2D eigenvalue weighted by molar-refractivity contribution is 5.94. The van der Waals surface area contributed by atoms with Gasteiger partial charge in [0.15, 0.2) is 0 Å². The second-order valence-corrected chi connectivity index (χ2v) is 8.60. The molecule has 7 heteroatoms. The van der Waals surface area contributed by atoms with E-state index in [1.165, 1.54) is 23.4 Å². The highest BCUT2D eigenvalue weighted by Gasteiger charge is 2.35. The number of carbonyl (C=O) groups excluding carboxylic acids is 1. The van der Waals surface area contributed by atoms with Crippen LogP contribution in [0.15, 0.2) is 41.6 Å². The summed E-state index contributed by atoms with van der Waals surface area (Å²) in [6.07, 6.45) is 5.94. The summed E-state index contributed by atoms with van der Waals surface area (Å²) in [6.45, 7) is 5.57. The number of nitrogens with one attached hydrogen (secondary N) is 1. The third-order valence-electron chi connectivity index (χ3n) is 6.51. The van der Waals surface area contributed by atoms with Crippen LogP contribution in [0.2, 0.25) is 0 Å². The lowest BCUT2D eigenvalue weighted by Gasteiger charge is -2.24. The first-order valence-corrected chi connectivity index (χ1v) is 10.6. The number of amides is 1. The standard InChI is InChI=1S/C23H26FN5O/c1-15-8-16(14-29(15)23(30)17-2-4-20(24)5-3-17)13-28-7-6-18-9-21(25-12-22(18)28)19-10-26-27-11-19/h2-5,9-10,12,15-16,19,27H,6-8,11,13-14H2,1H3/t15-,16-,19?/m0/s1. The van der Waals surface area contributed by atoms with E-state index in [0.717, 1.165) is 44.7 Å². The highest BCUT2D eigenvalue weighted by Crippen LogP contribution is 2.33. The van der Waals surface area contributed by atoms with E-state index in [-0.39, 0.29) is 23.7 Å². The van der Waals surface area contributed by atoms with Crippen molar-refractivity contribution in [2.45, 2.75) is 31.7 Å². The Bertz CT molecular complexity index is 976. The van der Waals surface area contributed by atoms with Crippen molar-refractivity contribution < 1.29 is 9.18 Å². The van der Waals surface area contributed by atoms with Gasteiger partial charge in [0, 0.05) is 44.0 Å². The molecule has 1 aromatic heterocycles. The maximum atomic E-state index is 13.2. The fourth-order valence-electron chi connectivity index (χ4n) is 4.92. The number of carbonyl (C=O) groups is 1. The molecule has 1 amide bonds. The quantitative estimate of drug-likeness (QED) is 0.847. The van der Waals surface area contributed by atoms with Crippen LogP contribution < -0.4 is 10.3 Å². The lowest BCUT2D eigenvalue weighted by atomic mass is 10.0. The average Bonchev–Trinajstić information content (AvgIpc) is 3.49. The third-order valence-corrected chi connectivity index (χ3v) is 6.51. The predicted molar refractivity (Wildman–Crippen MR) is 114 cm³/mol. The first-order valence-electron chi connectivity index (χ1n) is 10.6. The summed E-state index contributed by atoms with van der Waals surface area (Å²) in [5, 5.41) is 4.10. The minimum atomic E-state index is -0.320. The first-order chi connectivity index (χ1) is 14.6.